The molecule has 0 aliphatic carbocycles. The number of Topliss-reactive ketones (excluding diaryl/α,β-unsaturated/α-hetero) is 2. The molecular formula is C33H22Cl2N2O3. The summed E-state index contributed by atoms with van der Waals surface area (Å²) in [7, 11) is 0. The van der Waals surface area contributed by atoms with E-state index >= 15 is 0 Å². The van der Waals surface area contributed by atoms with Crippen LogP contribution in [0.3, 0.4) is 0 Å². The Bertz CT molecular complexity index is 1770. The van der Waals surface area contributed by atoms with Gasteiger partial charge in [0.25, 0.3) is 0 Å². The maximum Gasteiger partial charge on any atom is 0.238 e. The molecule has 1 spiro atoms. The van der Waals surface area contributed by atoms with Gasteiger partial charge in [0.1, 0.15) is 11.5 Å². The molecule has 0 saturated carbocycles. The van der Waals surface area contributed by atoms with Crippen LogP contribution in [0.1, 0.15) is 43.4 Å². The maximum atomic E-state index is 14.8. The van der Waals surface area contributed by atoms with Crippen LogP contribution in [-0.2, 0) is 10.2 Å². The molecule has 4 aromatic carbocycles. The van der Waals surface area contributed by atoms with Gasteiger partial charge in [-0.2, -0.15) is 0 Å². The topological polar surface area (TPSA) is 66.5 Å². The number of hydrogen-bond acceptors (Lipinski definition) is 4. The number of ketones is 2. The molecule has 1 amide bonds. The van der Waals surface area contributed by atoms with Gasteiger partial charge in [-0.15, -0.1) is 0 Å². The molecule has 4 aromatic rings. The first kappa shape index (κ1) is 24.8. The summed E-state index contributed by atoms with van der Waals surface area (Å²) in [6.07, 6.45) is 3.76. The second-order valence-corrected chi connectivity index (χ2v) is 11.1. The van der Waals surface area contributed by atoms with E-state index in [1.165, 1.54) is 0 Å². The normalized spacial score (nSPS) is 23.9. The van der Waals surface area contributed by atoms with Crippen molar-refractivity contribution in [2.75, 3.05) is 5.32 Å². The van der Waals surface area contributed by atoms with Crippen molar-refractivity contribution in [3.63, 3.8) is 0 Å². The molecule has 3 heterocycles. The van der Waals surface area contributed by atoms with Crippen molar-refractivity contribution >= 4 is 52.4 Å². The Morgan fingerprint density at radius 3 is 2.08 bits per heavy atom. The number of rotatable bonds is 4. The van der Waals surface area contributed by atoms with Gasteiger partial charge in [0.15, 0.2) is 11.6 Å². The van der Waals surface area contributed by atoms with E-state index < -0.39 is 23.4 Å². The molecule has 1 N–H and O–H groups in total. The van der Waals surface area contributed by atoms with Crippen LogP contribution in [-0.4, -0.2) is 28.4 Å². The van der Waals surface area contributed by atoms with Gasteiger partial charge >= 0.3 is 0 Å². The fourth-order valence-corrected chi connectivity index (χ4v) is 7.27. The average molecular weight is 565 g/mol. The molecule has 1 fully saturated rings. The molecule has 40 heavy (non-hydrogen) atoms. The Balaban J connectivity index is 1.57. The van der Waals surface area contributed by atoms with Gasteiger partial charge in [-0.05, 0) is 53.1 Å². The third-order valence-corrected chi connectivity index (χ3v) is 9.06. The number of anilines is 1. The monoisotopic (exact) mass is 564 g/mol. The second-order valence-electron chi connectivity index (χ2n) is 10.3. The minimum absolute atomic E-state index is 0.263. The predicted octanol–water partition coefficient (Wildman–Crippen LogP) is 6.98. The molecule has 5 nitrogen and oxygen atoms in total. The first-order valence-corrected chi connectivity index (χ1v) is 13.7. The highest BCUT2D eigenvalue weighted by Crippen LogP contribution is 2.62. The van der Waals surface area contributed by atoms with Gasteiger partial charge in [0.05, 0.1) is 22.0 Å². The highest BCUT2D eigenvalue weighted by molar-refractivity contribution is 6.35. The molecule has 4 atom stereocenters. The van der Waals surface area contributed by atoms with Crippen molar-refractivity contribution in [2.24, 2.45) is 5.92 Å². The molecular weight excluding hydrogens is 543 g/mol. The van der Waals surface area contributed by atoms with Crippen molar-refractivity contribution in [1.29, 1.82) is 0 Å². The van der Waals surface area contributed by atoms with Crippen LogP contribution in [0.5, 0.6) is 0 Å². The van der Waals surface area contributed by atoms with E-state index in [0.717, 1.165) is 11.1 Å². The summed E-state index contributed by atoms with van der Waals surface area (Å²) in [5.41, 5.74) is 2.23. The Kier molecular flexibility index (Phi) is 5.70. The van der Waals surface area contributed by atoms with Gasteiger partial charge in [-0.25, -0.2) is 0 Å². The zero-order chi connectivity index (χ0) is 27.6. The SMILES string of the molecule is O=C(c1ccccc1Cl)[C@@H]1[C@H](C(=O)c2ccccc2Cl)N2C=Cc3ccccc3[C@H]2[C@]12C(=O)Nc1ccccc12. The third-order valence-electron chi connectivity index (χ3n) is 8.40. The first-order valence-electron chi connectivity index (χ1n) is 13.0. The van der Waals surface area contributed by atoms with Gasteiger partial charge in [0, 0.05) is 23.0 Å². The molecule has 7 rings (SSSR count). The summed E-state index contributed by atoms with van der Waals surface area (Å²) in [5, 5.41) is 3.59. The van der Waals surface area contributed by atoms with Crippen LogP contribution in [0, 0.1) is 5.92 Å². The predicted molar refractivity (Wildman–Crippen MR) is 156 cm³/mol. The Morgan fingerprint density at radius 1 is 0.750 bits per heavy atom. The summed E-state index contributed by atoms with van der Waals surface area (Å²) in [6, 6.07) is 27.1. The number of halogens is 2. The largest absolute Gasteiger partial charge is 0.358 e. The summed E-state index contributed by atoms with van der Waals surface area (Å²) in [4.78, 5) is 45.6. The lowest BCUT2D eigenvalue weighted by molar-refractivity contribution is -0.122. The average Bonchev–Trinajstić information content (AvgIpc) is 3.45. The maximum absolute atomic E-state index is 14.8. The molecule has 196 valence electrons. The summed E-state index contributed by atoms with van der Waals surface area (Å²) >= 11 is 13.1. The summed E-state index contributed by atoms with van der Waals surface area (Å²) in [5.74, 6) is -2.14. The zero-order valence-electron chi connectivity index (χ0n) is 21.1. The molecule has 0 aromatic heterocycles. The van der Waals surface area contributed by atoms with Crippen LogP contribution >= 0.6 is 23.2 Å². The smallest absolute Gasteiger partial charge is 0.238 e. The fourth-order valence-electron chi connectivity index (χ4n) is 6.82. The van der Waals surface area contributed by atoms with E-state index in [0.29, 0.717) is 16.8 Å². The second kappa shape index (κ2) is 9.19. The quantitative estimate of drug-likeness (QED) is 0.272. The minimum Gasteiger partial charge on any atom is -0.358 e. The summed E-state index contributed by atoms with van der Waals surface area (Å²) < 4.78 is 0. The highest BCUT2D eigenvalue weighted by Gasteiger charge is 2.70. The number of nitrogens with one attached hydrogen (secondary N) is 1. The van der Waals surface area contributed by atoms with Crippen molar-refractivity contribution in [3.8, 4) is 0 Å². The highest BCUT2D eigenvalue weighted by atomic mass is 35.5. The van der Waals surface area contributed by atoms with Crippen LogP contribution in [0.15, 0.2) is 103 Å². The lowest BCUT2D eigenvalue weighted by atomic mass is 9.62. The molecule has 3 aliphatic heterocycles. The number of nitrogens with zero attached hydrogens (tertiary/aromatic N) is 1. The number of hydrogen-bond donors (Lipinski definition) is 1. The molecule has 0 radical (unpaired) electrons. The molecule has 0 bridgehead atoms. The van der Waals surface area contributed by atoms with Crippen LogP contribution < -0.4 is 5.32 Å². The van der Waals surface area contributed by atoms with E-state index in [-0.39, 0.29) is 33.1 Å². The molecule has 3 aliphatic rings. The minimum atomic E-state index is -1.42. The number of carbonyl (C=O) groups excluding carboxylic acids is 3. The fraction of sp³-hybridized carbons (Fsp3) is 0.121. The van der Waals surface area contributed by atoms with Gasteiger partial charge in [0.2, 0.25) is 5.91 Å². The number of para-hydroxylation sites is 1. The number of carbonyl (C=O) groups is 3. The van der Waals surface area contributed by atoms with E-state index in [2.05, 4.69) is 5.32 Å². The Labute approximate surface area is 241 Å². The van der Waals surface area contributed by atoms with E-state index in [9.17, 15) is 14.4 Å². The van der Waals surface area contributed by atoms with E-state index in [1.807, 2.05) is 65.7 Å². The van der Waals surface area contributed by atoms with Crippen molar-refractivity contribution < 1.29 is 14.4 Å². The Morgan fingerprint density at radius 2 is 1.35 bits per heavy atom. The van der Waals surface area contributed by atoms with Crippen LogP contribution in [0.4, 0.5) is 5.69 Å². The van der Waals surface area contributed by atoms with Crippen molar-refractivity contribution in [1.82, 2.24) is 4.90 Å². The lowest BCUT2D eigenvalue weighted by Crippen LogP contribution is -2.49. The van der Waals surface area contributed by atoms with Gasteiger partial charge in [-0.3, -0.25) is 14.4 Å². The van der Waals surface area contributed by atoms with Crippen LogP contribution in [0.25, 0.3) is 6.08 Å². The lowest BCUT2D eigenvalue weighted by Gasteiger charge is -2.38. The van der Waals surface area contributed by atoms with E-state index in [4.69, 9.17) is 23.2 Å². The number of benzene rings is 4. The molecule has 1 saturated heterocycles. The van der Waals surface area contributed by atoms with Gasteiger partial charge in [-0.1, -0.05) is 89.9 Å². The number of amides is 1. The van der Waals surface area contributed by atoms with E-state index in [1.54, 1.807) is 48.5 Å². The van der Waals surface area contributed by atoms with Gasteiger partial charge < -0.3 is 10.2 Å². The van der Waals surface area contributed by atoms with Crippen molar-refractivity contribution in [3.05, 3.63) is 141 Å². The Hall–Kier alpha value is -4.19. The zero-order valence-corrected chi connectivity index (χ0v) is 22.6. The molecule has 7 heteroatoms. The first-order chi connectivity index (χ1) is 19.4. The number of fused-ring (bicyclic) bond motifs is 6. The van der Waals surface area contributed by atoms with Crippen LogP contribution in [0.2, 0.25) is 10.0 Å². The summed E-state index contributed by atoms with van der Waals surface area (Å²) in [6.45, 7) is 0. The third kappa shape index (κ3) is 3.31. The standard InChI is InChI=1S/C33H22Cl2N2O3/c34-24-14-6-3-11-21(24)29(38)27-28(30(39)22-12-4-7-15-25(22)35)37-18-17-19-9-1-2-10-20(19)31(37)33(27)23-13-5-8-16-26(23)36-32(33)40/h1-18,27-28,31H,(H,36,40)/t27-,28+,31-,33+/m0/s1. The molecule has 0 unspecified atom stereocenters. The van der Waals surface area contributed by atoms with Crippen molar-refractivity contribution in [2.45, 2.75) is 17.5 Å².